The molecule has 0 aliphatic heterocycles. The van der Waals surface area contributed by atoms with Crippen molar-refractivity contribution in [1.82, 2.24) is 0 Å². The Morgan fingerprint density at radius 1 is 1.50 bits per heavy atom. The van der Waals surface area contributed by atoms with Gasteiger partial charge in [0.05, 0.1) is 12.2 Å². The monoisotopic (exact) mass is 166 g/mol. The van der Waals surface area contributed by atoms with Gasteiger partial charge in [0.1, 0.15) is 0 Å². The smallest absolute Gasteiger partial charge is 0.338 e. The van der Waals surface area contributed by atoms with Crippen molar-refractivity contribution in [2.24, 2.45) is 0 Å². The third-order valence-electron chi connectivity index (χ3n) is 1.89. The van der Waals surface area contributed by atoms with E-state index < -0.39 is 0 Å². The SMILES string of the molecule is CCOC(=O)C1=CCCC=C1C. The van der Waals surface area contributed by atoms with Gasteiger partial charge in [0.2, 0.25) is 0 Å². The molecule has 1 aliphatic carbocycles. The fraction of sp³-hybridized carbons (Fsp3) is 0.500. The molecule has 0 saturated heterocycles. The molecule has 0 fully saturated rings. The van der Waals surface area contributed by atoms with Gasteiger partial charge in [-0.1, -0.05) is 12.2 Å². The van der Waals surface area contributed by atoms with Crippen molar-refractivity contribution in [3.63, 3.8) is 0 Å². The summed E-state index contributed by atoms with van der Waals surface area (Å²) in [4.78, 5) is 11.3. The van der Waals surface area contributed by atoms with Gasteiger partial charge in [0, 0.05) is 0 Å². The maximum Gasteiger partial charge on any atom is 0.338 e. The van der Waals surface area contributed by atoms with Crippen LogP contribution < -0.4 is 0 Å². The van der Waals surface area contributed by atoms with Crippen molar-refractivity contribution in [2.45, 2.75) is 26.7 Å². The molecule has 2 heteroatoms. The van der Waals surface area contributed by atoms with Crippen LogP contribution in [0.5, 0.6) is 0 Å². The molecular weight excluding hydrogens is 152 g/mol. The van der Waals surface area contributed by atoms with Crippen molar-refractivity contribution < 1.29 is 9.53 Å². The van der Waals surface area contributed by atoms with E-state index in [2.05, 4.69) is 6.08 Å². The van der Waals surface area contributed by atoms with Crippen LogP contribution in [-0.2, 0) is 9.53 Å². The Morgan fingerprint density at radius 2 is 2.17 bits per heavy atom. The highest BCUT2D eigenvalue weighted by atomic mass is 16.5. The summed E-state index contributed by atoms with van der Waals surface area (Å²) in [5, 5.41) is 0. The molecule has 0 N–H and O–H groups in total. The molecule has 0 unspecified atom stereocenters. The zero-order chi connectivity index (χ0) is 8.97. The molecule has 1 rings (SSSR count). The van der Waals surface area contributed by atoms with Crippen molar-refractivity contribution in [3.05, 3.63) is 23.3 Å². The molecule has 0 radical (unpaired) electrons. The van der Waals surface area contributed by atoms with Crippen LogP contribution in [0.3, 0.4) is 0 Å². The van der Waals surface area contributed by atoms with E-state index in [1.54, 1.807) is 0 Å². The Labute approximate surface area is 72.9 Å². The van der Waals surface area contributed by atoms with Gasteiger partial charge in [-0.15, -0.1) is 0 Å². The van der Waals surface area contributed by atoms with Crippen LogP contribution in [-0.4, -0.2) is 12.6 Å². The van der Waals surface area contributed by atoms with E-state index in [1.807, 2.05) is 19.9 Å². The molecule has 2 nitrogen and oxygen atoms in total. The minimum atomic E-state index is -0.189. The Hall–Kier alpha value is -1.05. The molecular formula is C10H14O2. The number of carbonyl (C=O) groups is 1. The summed E-state index contributed by atoms with van der Waals surface area (Å²) in [7, 11) is 0. The van der Waals surface area contributed by atoms with E-state index in [9.17, 15) is 4.79 Å². The molecule has 1 aliphatic rings. The van der Waals surface area contributed by atoms with Crippen LogP contribution in [0.1, 0.15) is 26.7 Å². The van der Waals surface area contributed by atoms with E-state index in [-0.39, 0.29) is 5.97 Å². The molecule has 0 saturated carbocycles. The molecule has 0 heterocycles. The van der Waals surface area contributed by atoms with Crippen LogP contribution >= 0.6 is 0 Å². The van der Waals surface area contributed by atoms with Gasteiger partial charge in [0.15, 0.2) is 0 Å². The summed E-state index contributed by atoms with van der Waals surface area (Å²) in [6, 6.07) is 0. The Balaban J connectivity index is 2.67. The first-order valence-corrected chi connectivity index (χ1v) is 4.30. The first-order chi connectivity index (χ1) is 5.75. The Morgan fingerprint density at radius 3 is 2.75 bits per heavy atom. The molecule has 0 amide bonds. The fourth-order valence-electron chi connectivity index (χ4n) is 1.25. The number of hydrogen-bond donors (Lipinski definition) is 0. The predicted molar refractivity (Wildman–Crippen MR) is 47.7 cm³/mol. The Bertz CT molecular complexity index is 236. The van der Waals surface area contributed by atoms with E-state index in [0.717, 1.165) is 24.0 Å². The number of hydrogen-bond acceptors (Lipinski definition) is 2. The molecule has 0 spiro atoms. The van der Waals surface area contributed by atoms with Crippen LogP contribution in [0.15, 0.2) is 23.3 Å². The van der Waals surface area contributed by atoms with Crippen molar-refractivity contribution in [1.29, 1.82) is 0 Å². The second-order valence-corrected chi connectivity index (χ2v) is 2.80. The minimum Gasteiger partial charge on any atom is -0.462 e. The topological polar surface area (TPSA) is 26.3 Å². The van der Waals surface area contributed by atoms with Crippen molar-refractivity contribution >= 4 is 5.97 Å². The number of carbonyl (C=O) groups excluding carboxylic acids is 1. The maximum atomic E-state index is 11.3. The summed E-state index contributed by atoms with van der Waals surface area (Å²) < 4.78 is 4.90. The summed E-state index contributed by atoms with van der Waals surface area (Å²) in [6.07, 6.45) is 6.01. The third-order valence-corrected chi connectivity index (χ3v) is 1.89. The highest BCUT2D eigenvalue weighted by molar-refractivity contribution is 5.93. The predicted octanol–water partition coefficient (Wildman–Crippen LogP) is 2.22. The molecule has 0 aromatic rings. The molecule has 0 aromatic heterocycles. The van der Waals surface area contributed by atoms with Gasteiger partial charge in [-0.3, -0.25) is 0 Å². The van der Waals surface area contributed by atoms with E-state index in [4.69, 9.17) is 4.74 Å². The van der Waals surface area contributed by atoms with E-state index in [0.29, 0.717) is 6.61 Å². The highest BCUT2D eigenvalue weighted by Crippen LogP contribution is 2.18. The van der Waals surface area contributed by atoms with Gasteiger partial charge in [-0.05, 0) is 32.3 Å². The molecule has 12 heavy (non-hydrogen) atoms. The fourth-order valence-corrected chi connectivity index (χ4v) is 1.25. The summed E-state index contributed by atoms with van der Waals surface area (Å²) in [5.74, 6) is -0.189. The number of esters is 1. The number of allylic oxidation sites excluding steroid dienone is 2. The van der Waals surface area contributed by atoms with Gasteiger partial charge in [-0.2, -0.15) is 0 Å². The van der Waals surface area contributed by atoms with Crippen molar-refractivity contribution in [2.75, 3.05) is 6.61 Å². The van der Waals surface area contributed by atoms with Gasteiger partial charge >= 0.3 is 5.97 Å². The number of rotatable bonds is 2. The quantitative estimate of drug-likeness (QED) is 0.588. The standard InChI is InChI=1S/C10H14O2/c1-3-12-10(11)9-7-5-4-6-8(9)2/h6-7H,3-5H2,1-2H3. The van der Waals surface area contributed by atoms with Crippen molar-refractivity contribution in [3.8, 4) is 0 Å². The maximum absolute atomic E-state index is 11.3. The molecule has 0 atom stereocenters. The zero-order valence-corrected chi connectivity index (χ0v) is 7.59. The van der Waals surface area contributed by atoms with Gasteiger partial charge in [-0.25, -0.2) is 4.79 Å². The lowest BCUT2D eigenvalue weighted by Gasteiger charge is -2.10. The van der Waals surface area contributed by atoms with E-state index in [1.165, 1.54) is 0 Å². The summed E-state index contributed by atoms with van der Waals surface area (Å²) >= 11 is 0. The second-order valence-electron chi connectivity index (χ2n) is 2.80. The normalized spacial score (nSPS) is 16.5. The van der Waals surface area contributed by atoms with E-state index >= 15 is 0 Å². The van der Waals surface area contributed by atoms with Crippen LogP contribution in [0.25, 0.3) is 0 Å². The lowest BCUT2D eigenvalue weighted by atomic mass is 9.99. The first kappa shape index (κ1) is 9.04. The first-order valence-electron chi connectivity index (χ1n) is 4.30. The summed E-state index contributed by atoms with van der Waals surface area (Å²) in [6.45, 7) is 4.21. The van der Waals surface area contributed by atoms with Crippen LogP contribution in [0.2, 0.25) is 0 Å². The Kier molecular flexibility index (Phi) is 3.09. The lowest BCUT2D eigenvalue weighted by Crippen LogP contribution is -2.10. The van der Waals surface area contributed by atoms with Gasteiger partial charge in [0.25, 0.3) is 0 Å². The average molecular weight is 166 g/mol. The third kappa shape index (κ3) is 1.97. The molecule has 66 valence electrons. The average Bonchev–Trinajstić information content (AvgIpc) is 2.05. The largest absolute Gasteiger partial charge is 0.462 e. The molecule has 0 bridgehead atoms. The minimum absolute atomic E-state index is 0.189. The highest BCUT2D eigenvalue weighted by Gasteiger charge is 2.13. The van der Waals surface area contributed by atoms with Gasteiger partial charge < -0.3 is 4.74 Å². The van der Waals surface area contributed by atoms with Crippen LogP contribution in [0.4, 0.5) is 0 Å². The molecule has 0 aromatic carbocycles. The lowest BCUT2D eigenvalue weighted by molar-refractivity contribution is -0.138. The zero-order valence-electron chi connectivity index (χ0n) is 7.59. The summed E-state index contributed by atoms with van der Waals surface area (Å²) in [5.41, 5.74) is 1.78. The van der Waals surface area contributed by atoms with Crippen LogP contribution in [0, 0.1) is 0 Å². The number of ether oxygens (including phenoxy) is 1. The second kappa shape index (κ2) is 4.10.